The van der Waals surface area contributed by atoms with Gasteiger partial charge in [0.1, 0.15) is 0 Å². The van der Waals surface area contributed by atoms with Crippen molar-refractivity contribution in [3.05, 3.63) is 12.3 Å². The SMILES string of the molecule is COC(=O)/C=C/NCCOCC1CC1. The van der Waals surface area contributed by atoms with Crippen LogP contribution in [0.1, 0.15) is 12.8 Å². The Kier molecular flexibility index (Phi) is 5.07. The molecule has 0 saturated heterocycles. The molecule has 0 aliphatic heterocycles. The van der Waals surface area contributed by atoms with Gasteiger partial charge in [0.25, 0.3) is 0 Å². The monoisotopic (exact) mass is 199 g/mol. The maximum atomic E-state index is 10.6. The maximum absolute atomic E-state index is 10.6. The zero-order valence-electron chi connectivity index (χ0n) is 8.49. The lowest BCUT2D eigenvalue weighted by Crippen LogP contribution is -2.15. The van der Waals surface area contributed by atoms with Gasteiger partial charge in [-0.25, -0.2) is 4.79 Å². The third-order valence-corrected chi connectivity index (χ3v) is 1.98. The molecule has 0 unspecified atom stereocenters. The molecular formula is C10H17NO3. The lowest BCUT2D eigenvalue weighted by molar-refractivity contribution is -0.134. The van der Waals surface area contributed by atoms with Gasteiger partial charge in [0.05, 0.1) is 13.7 Å². The van der Waals surface area contributed by atoms with Crippen molar-refractivity contribution in [1.82, 2.24) is 5.32 Å². The molecule has 0 amide bonds. The van der Waals surface area contributed by atoms with Crippen molar-refractivity contribution in [2.45, 2.75) is 12.8 Å². The molecule has 0 spiro atoms. The smallest absolute Gasteiger partial charge is 0.331 e. The lowest BCUT2D eigenvalue weighted by Gasteiger charge is -2.02. The molecule has 1 aliphatic rings. The van der Waals surface area contributed by atoms with Gasteiger partial charge in [-0.15, -0.1) is 0 Å². The van der Waals surface area contributed by atoms with E-state index in [0.717, 1.165) is 19.1 Å². The van der Waals surface area contributed by atoms with Crippen LogP contribution in [-0.2, 0) is 14.3 Å². The molecule has 0 heterocycles. The number of rotatable bonds is 7. The Balaban J connectivity index is 1.82. The predicted octanol–water partition coefficient (Wildman–Crippen LogP) is 0.689. The van der Waals surface area contributed by atoms with Gasteiger partial charge in [-0.2, -0.15) is 0 Å². The number of carbonyl (C=O) groups excluding carboxylic acids is 1. The van der Waals surface area contributed by atoms with Crippen molar-refractivity contribution in [1.29, 1.82) is 0 Å². The molecular weight excluding hydrogens is 182 g/mol. The number of esters is 1. The Labute approximate surface area is 84.3 Å². The van der Waals surface area contributed by atoms with Crippen LogP contribution in [0.5, 0.6) is 0 Å². The minimum atomic E-state index is -0.351. The Hall–Kier alpha value is -1.03. The normalized spacial score (nSPS) is 15.8. The van der Waals surface area contributed by atoms with Crippen LogP contribution in [0, 0.1) is 5.92 Å². The Morgan fingerprint density at radius 2 is 2.36 bits per heavy atom. The topological polar surface area (TPSA) is 47.6 Å². The highest BCUT2D eigenvalue weighted by Crippen LogP contribution is 2.28. The summed E-state index contributed by atoms with van der Waals surface area (Å²) in [7, 11) is 1.35. The van der Waals surface area contributed by atoms with E-state index in [1.165, 1.54) is 26.0 Å². The van der Waals surface area contributed by atoms with E-state index in [2.05, 4.69) is 10.1 Å². The highest BCUT2D eigenvalue weighted by Gasteiger charge is 2.20. The minimum absolute atomic E-state index is 0.351. The van der Waals surface area contributed by atoms with E-state index in [-0.39, 0.29) is 5.97 Å². The van der Waals surface area contributed by atoms with Crippen molar-refractivity contribution >= 4 is 5.97 Å². The average molecular weight is 199 g/mol. The van der Waals surface area contributed by atoms with E-state index in [4.69, 9.17) is 4.74 Å². The number of carbonyl (C=O) groups is 1. The third kappa shape index (κ3) is 5.59. The maximum Gasteiger partial charge on any atom is 0.331 e. The second kappa shape index (κ2) is 6.43. The summed E-state index contributed by atoms with van der Waals surface area (Å²) in [4.78, 5) is 10.6. The summed E-state index contributed by atoms with van der Waals surface area (Å²) in [6.07, 6.45) is 5.55. The largest absolute Gasteiger partial charge is 0.466 e. The van der Waals surface area contributed by atoms with E-state index in [9.17, 15) is 4.79 Å². The second-order valence-corrected chi connectivity index (χ2v) is 3.33. The fraction of sp³-hybridized carbons (Fsp3) is 0.700. The van der Waals surface area contributed by atoms with Crippen LogP contribution < -0.4 is 5.32 Å². The number of hydrogen-bond acceptors (Lipinski definition) is 4. The highest BCUT2D eigenvalue weighted by molar-refractivity contribution is 5.81. The van der Waals surface area contributed by atoms with E-state index < -0.39 is 0 Å². The molecule has 1 saturated carbocycles. The van der Waals surface area contributed by atoms with Crippen LogP contribution in [0.25, 0.3) is 0 Å². The molecule has 0 aromatic rings. The molecule has 4 heteroatoms. The van der Waals surface area contributed by atoms with Gasteiger partial charge in [-0.1, -0.05) is 0 Å². The molecule has 1 rings (SSSR count). The number of methoxy groups -OCH3 is 1. The minimum Gasteiger partial charge on any atom is -0.466 e. The molecule has 0 radical (unpaired) electrons. The van der Waals surface area contributed by atoms with Gasteiger partial charge in [0, 0.05) is 25.4 Å². The van der Waals surface area contributed by atoms with Gasteiger partial charge in [0.15, 0.2) is 0 Å². The van der Waals surface area contributed by atoms with Crippen LogP contribution in [0.15, 0.2) is 12.3 Å². The zero-order chi connectivity index (χ0) is 10.2. The van der Waals surface area contributed by atoms with Gasteiger partial charge >= 0.3 is 5.97 Å². The number of nitrogens with one attached hydrogen (secondary N) is 1. The molecule has 0 aromatic carbocycles. The molecule has 0 aromatic heterocycles. The quantitative estimate of drug-likeness (QED) is 0.372. The first-order chi connectivity index (χ1) is 6.83. The first kappa shape index (κ1) is 11.0. The number of hydrogen-bond donors (Lipinski definition) is 1. The van der Waals surface area contributed by atoms with Crippen molar-refractivity contribution in [2.24, 2.45) is 5.92 Å². The molecule has 14 heavy (non-hydrogen) atoms. The average Bonchev–Trinajstić information content (AvgIpc) is 2.99. The molecule has 1 aliphatic carbocycles. The van der Waals surface area contributed by atoms with Gasteiger partial charge in [-0.3, -0.25) is 0 Å². The Morgan fingerprint density at radius 3 is 3.00 bits per heavy atom. The summed E-state index contributed by atoms with van der Waals surface area (Å²) in [6.45, 7) is 2.28. The van der Waals surface area contributed by atoms with E-state index in [1.54, 1.807) is 6.20 Å². The standard InChI is InChI=1S/C10H17NO3/c1-13-10(12)4-5-11-6-7-14-8-9-2-3-9/h4-5,9,11H,2-3,6-8H2,1H3/b5-4+. The fourth-order valence-corrected chi connectivity index (χ4v) is 0.944. The zero-order valence-corrected chi connectivity index (χ0v) is 8.49. The first-order valence-corrected chi connectivity index (χ1v) is 4.88. The van der Waals surface area contributed by atoms with Gasteiger partial charge < -0.3 is 14.8 Å². The summed E-state index contributed by atoms with van der Waals surface area (Å²) < 4.78 is 9.80. The van der Waals surface area contributed by atoms with Crippen molar-refractivity contribution < 1.29 is 14.3 Å². The van der Waals surface area contributed by atoms with E-state index in [1.807, 2.05) is 0 Å². The molecule has 0 bridgehead atoms. The molecule has 4 nitrogen and oxygen atoms in total. The van der Waals surface area contributed by atoms with Crippen LogP contribution in [0.2, 0.25) is 0 Å². The van der Waals surface area contributed by atoms with Crippen LogP contribution in [0.3, 0.4) is 0 Å². The van der Waals surface area contributed by atoms with Gasteiger partial charge in [0.2, 0.25) is 0 Å². The number of ether oxygens (including phenoxy) is 2. The third-order valence-electron chi connectivity index (χ3n) is 1.98. The molecule has 1 fully saturated rings. The Bertz CT molecular complexity index is 200. The second-order valence-electron chi connectivity index (χ2n) is 3.33. The van der Waals surface area contributed by atoms with Crippen molar-refractivity contribution in [3.63, 3.8) is 0 Å². The summed E-state index contributed by atoms with van der Waals surface area (Å²) >= 11 is 0. The predicted molar refractivity (Wildman–Crippen MR) is 52.7 cm³/mol. The van der Waals surface area contributed by atoms with E-state index >= 15 is 0 Å². The van der Waals surface area contributed by atoms with Gasteiger partial charge in [-0.05, 0) is 18.8 Å². The summed E-state index contributed by atoms with van der Waals surface area (Å²) in [5.41, 5.74) is 0. The van der Waals surface area contributed by atoms with Crippen LogP contribution in [-0.4, -0.2) is 32.8 Å². The lowest BCUT2D eigenvalue weighted by atomic mass is 10.5. The van der Waals surface area contributed by atoms with Crippen LogP contribution >= 0.6 is 0 Å². The fourth-order valence-electron chi connectivity index (χ4n) is 0.944. The Morgan fingerprint density at radius 1 is 1.57 bits per heavy atom. The molecule has 1 N–H and O–H groups in total. The van der Waals surface area contributed by atoms with E-state index in [0.29, 0.717) is 6.61 Å². The first-order valence-electron chi connectivity index (χ1n) is 4.88. The highest BCUT2D eigenvalue weighted by atomic mass is 16.5. The molecule has 80 valence electrons. The summed E-state index contributed by atoms with van der Waals surface area (Å²) in [6, 6.07) is 0. The summed E-state index contributed by atoms with van der Waals surface area (Å²) in [5.74, 6) is 0.456. The van der Waals surface area contributed by atoms with Crippen molar-refractivity contribution in [3.8, 4) is 0 Å². The molecule has 0 atom stereocenters. The van der Waals surface area contributed by atoms with Crippen LogP contribution in [0.4, 0.5) is 0 Å². The summed E-state index contributed by atoms with van der Waals surface area (Å²) in [5, 5.41) is 2.94. The van der Waals surface area contributed by atoms with Crippen molar-refractivity contribution in [2.75, 3.05) is 26.9 Å².